The first-order valence-corrected chi connectivity index (χ1v) is 6.51. The smallest absolute Gasteiger partial charge is 0.329 e. The van der Waals surface area contributed by atoms with Gasteiger partial charge in [-0.2, -0.15) is 4.98 Å². The molecule has 1 aliphatic heterocycles. The summed E-state index contributed by atoms with van der Waals surface area (Å²) in [6.45, 7) is 0.969. The summed E-state index contributed by atoms with van der Waals surface area (Å²) in [6, 6.07) is 0. The molecule has 1 aromatic rings. The molecule has 10 nitrogen and oxygen atoms in total. The van der Waals surface area contributed by atoms with E-state index in [1.54, 1.807) is 11.9 Å². The average Bonchev–Trinajstić information content (AvgIpc) is 2.53. The maximum Gasteiger partial charge on any atom is 0.329 e. The number of hydrazine groups is 1. The van der Waals surface area contributed by atoms with Crippen molar-refractivity contribution in [1.82, 2.24) is 15.3 Å². The summed E-state index contributed by atoms with van der Waals surface area (Å²) < 4.78 is 0. The molecule has 4 N–H and O–H groups in total. The van der Waals surface area contributed by atoms with E-state index in [1.807, 2.05) is 0 Å². The first-order valence-electron chi connectivity index (χ1n) is 6.51. The van der Waals surface area contributed by atoms with E-state index in [0.29, 0.717) is 13.1 Å². The lowest BCUT2D eigenvalue weighted by Crippen LogP contribution is -2.42. The minimum Gasteiger partial charge on any atom is -0.359 e. The van der Waals surface area contributed by atoms with Crippen molar-refractivity contribution in [2.24, 2.45) is 11.8 Å². The third-order valence-electron chi connectivity index (χ3n) is 3.41. The Morgan fingerprint density at radius 3 is 3.00 bits per heavy atom. The highest BCUT2D eigenvalue weighted by Gasteiger charge is 2.30. The lowest BCUT2D eigenvalue weighted by atomic mass is 9.97. The van der Waals surface area contributed by atoms with Gasteiger partial charge in [-0.1, -0.05) is 0 Å². The summed E-state index contributed by atoms with van der Waals surface area (Å²) >= 11 is 0. The molecule has 1 unspecified atom stereocenters. The number of anilines is 2. The molecule has 114 valence electrons. The van der Waals surface area contributed by atoms with E-state index in [-0.39, 0.29) is 29.3 Å². The average molecular weight is 295 g/mol. The molecule has 1 saturated heterocycles. The lowest BCUT2D eigenvalue weighted by molar-refractivity contribution is -0.384. The van der Waals surface area contributed by atoms with Crippen molar-refractivity contribution < 1.29 is 9.72 Å². The predicted octanol–water partition coefficient (Wildman–Crippen LogP) is -0.367. The molecular formula is C11H17N7O3. The number of amides is 1. The molecular weight excluding hydrogens is 278 g/mol. The molecule has 1 aliphatic rings. The third-order valence-corrected chi connectivity index (χ3v) is 3.41. The first-order chi connectivity index (χ1) is 10.1. The molecule has 1 fully saturated rings. The number of nitrogens with zero attached hydrogens (tertiary/aromatic N) is 4. The fourth-order valence-corrected chi connectivity index (χ4v) is 2.39. The first kappa shape index (κ1) is 14.9. The Balaban J connectivity index is 2.31. The van der Waals surface area contributed by atoms with Crippen molar-refractivity contribution >= 4 is 23.4 Å². The number of hydrogen-bond acceptors (Lipinski definition) is 8. The fraction of sp³-hybridized carbons (Fsp3) is 0.545. The highest BCUT2D eigenvalue weighted by atomic mass is 16.6. The zero-order valence-corrected chi connectivity index (χ0v) is 11.6. The van der Waals surface area contributed by atoms with Gasteiger partial charge >= 0.3 is 5.69 Å². The minimum atomic E-state index is -0.543. The number of carbonyl (C=O) groups excluding carboxylic acids is 1. The van der Waals surface area contributed by atoms with E-state index < -0.39 is 4.92 Å². The normalized spacial score (nSPS) is 18.2. The Bertz CT molecular complexity index is 551. The van der Waals surface area contributed by atoms with Crippen LogP contribution in [0.1, 0.15) is 12.8 Å². The van der Waals surface area contributed by atoms with Crippen LogP contribution in [0.3, 0.4) is 0 Å². The maximum atomic E-state index is 11.7. The molecule has 0 saturated carbocycles. The Hall–Kier alpha value is -2.49. The quantitative estimate of drug-likeness (QED) is 0.388. The number of carbonyl (C=O) groups is 1. The summed E-state index contributed by atoms with van der Waals surface area (Å²) in [4.78, 5) is 31.8. The number of hydrogen-bond donors (Lipinski definition) is 3. The van der Waals surface area contributed by atoms with E-state index in [9.17, 15) is 14.9 Å². The number of nitrogen functional groups attached to an aromatic ring is 1. The van der Waals surface area contributed by atoms with Gasteiger partial charge in [-0.3, -0.25) is 20.3 Å². The molecule has 2 heterocycles. The van der Waals surface area contributed by atoms with Crippen LogP contribution >= 0.6 is 0 Å². The van der Waals surface area contributed by atoms with Crippen molar-refractivity contribution in [1.29, 1.82) is 0 Å². The van der Waals surface area contributed by atoms with Crippen LogP contribution in [-0.4, -0.2) is 40.9 Å². The zero-order valence-electron chi connectivity index (χ0n) is 11.6. The minimum absolute atomic E-state index is 0.0754. The van der Waals surface area contributed by atoms with Crippen LogP contribution in [-0.2, 0) is 4.79 Å². The van der Waals surface area contributed by atoms with Gasteiger partial charge in [0, 0.05) is 20.1 Å². The highest BCUT2D eigenvalue weighted by molar-refractivity contribution is 5.79. The van der Waals surface area contributed by atoms with Crippen LogP contribution in [0.4, 0.5) is 17.5 Å². The van der Waals surface area contributed by atoms with Gasteiger partial charge in [0.15, 0.2) is 0 Å². The second-order valence-electron chi connectivity index (χ2n) is 4.70. The summed E-state index contributed by atoms with van der Waals surface area (Å²) in [7, 11) is 1.57. The Labute approximate surface area is 120 Å². The molecule has 1 amide bonds. The summed E-state index contributed by atoms with van der Waals surface area (Å²) in [6.07, 6.45) is 2.61. The summed E-state index contributed by atoms with van der Waals surface area (Å²) in [5.41, 5.74) is 2.06. The van der Waals surface area contributed by atoms with Gasteiger partial charge in [-0.05, 0) is 12.8 Å². The van der Waals surface area contributed by atoms with Gasteiger partial charge in [-0.25, -0.2) is 10.8 Å². The van der Waals surface area contributed by atoms with Crippen LogP contribution in [0, 0.1) is 16.0 Å². The molecule has 2 rings (SSSR count). The Morgan fingerprint density at radius 1 is 1.62 bits per heavy atom. The van der Waals surface area contributed by atoms with Gasteiger partial charge in [0.25, 0.3) is 0 Å². The summed E-state index contributed by atoms with van der Waals surface area (Å²) in [5, 5.41) is 13.7. The fourth-order valence-electron chi connectivity index (χ4n) is 2.39. The van der Waals surface area contributed by atoms with Crippen molar-refractivity contribution in [2.45, 2.75) is 12.8 Å². The largest absolute Gasteiger partial charge is 0.359 e. The van der Waals surface area contributed by atoms with Crippen LogP contribution in [0.15, 0.2) is 6.20 Å². The molecule has 0 spiro atoms. The molecule has 21 heavy (non-hydrogen) atoms. The maximum absolute atomic E-state index is 11.7. The van der Waals surface area contributed by atoms with Crippen LogP contribution in [0.5, 0.6) is 0 Å². The molecule has 0 aliphatic carbocycles. The van der Waals surface area contributed by atoms with E-state index in [2.05, 4.69) is 20.7 Å². The number of nitro groups is 1. The third kappa shape index (κ3) is 3.16. The lowest BCUT2D eigenvalue weighted by Gasteiger charge is -2.32. The van der Waals surface area contributed by atoms with Gasteiger partial charge in [0.1, 0.15) is 6.20 Å². The highest BCUT2D eigenvalue weighted by Crippen LogP contribution is 2.29. The standard InChI is InChI=1S/C11H17N7O3/c1-13-10(19)7-3-2-4-17(6-7)9-8(18(20)21)5-14-11(15-9)16-12/h5,7H,2-4,6,12H2,1H3,(H,13,19)(H,14,15,16). The molecule has 0 radical (unpaired) electrons. The topological polar surface area (TPSA) is 139 Å². The monoisotopic (exact) mass is 295 g/mol. The number of rotatable bonds is 4. The van der Waals surface area contributed by atoms with Crippen LogP contribution in [0.25, 0.3) is 0 Å². The van der Waals surface area contributed by atoms with Crippen molar-refractivity contribution in [3.05, 3.63) is 16.3 Å². The van der Waals surface area contributed by atoms with Gasteiger partial charge in [-0.15, -0.1) is 0 Å². The second kappa shape index (κ2) is 6.31. The van der Waals surface area contributed by atoms with Crippen LogP contribution in [0.2, 0.25) is 0 Å². The molecule has 0 aromatic carbocycles. The van der Waals surface area contributed by atoms with Gasteiger partial charge in [0.05, 0.1) is 10.8 Å². The predicted molar refractivity (Wildman–Crippen MR) is 75.5 cm³/mol. The zero-order chi connectivity index (χ0) is 15.4. The van der Waals surface area contributed by atoms with E-state index >= 15 is 0 Å². The Morgan fingerprint density at radius 2 is 2.38 bits per heavy atom. The van der Waals surface area contributed by atoms with Crippen molar-refractivity contribution in [3.8, 4) is 0 Å². The van der Waals surface area contributed by atoms with Gasteiger partial charge < -0.3 is 10.2 Å². The molecule has 1 aromatic heterocycles. The van der Waals surface area contributed by atoms with Gasteiger partial charge in [0.2, 0.25) is 17.7 Å². The van der Waals surface area contributed by atoms with Crippen LogP contribution < -0.4 is 21.5 Å². The summed E-state index contributed by atoms with van der Waals surface area (Å²) in [5.74, 6) is 5.23. The molecule has 0 bridgehead atoms. The van der Waals surface area contributed by atoms with E-state index in [4.69, 9.17) is 5.84 Å². The van der Waals surface area contributed by atoms with E-state index in [1.165, 1.54) is 0 Å². The number of nitrogens with one attached hydrogen (secondary N) is 2. The number of nitrogens with two attached hydrogens (primary N) is 1. The van der Waals surface area contributed by atoms with Crippen molar-refractivity contribution in [2.75, 3.05) is 30.5 Å². The molecule has 1 atom stereocenters. The second-order valence-corrected chi connectivity index (χ2v) is 4.70. The number of piperidine rings is 1. The van der Waals surface area contributed by atoms with Crippen molar-refractivity contribution in [3.63, 3.8) is 0 Å². The molecule has 10 heteroatoms. The number of aromatic nitrogens is 2. The van der Waals surface area contributed by atoms with E-state index in [0.717, 1.165) is 19.0 Å². The SMILES string of the molecule is CNC(=O)C1CCCN(c2nc(NN)ncc2[N+](=O)[O-])C1. The Kier molecular flexibility index (Phi) is 4.48.